The molecule has 0 fully saturated rings. The lowest BCUT2D eigenvalue weighted by Crippen LogP contribution is -2.38. The Balaban J connectivity index is 1.46. The van der Waals surface area contributed by atoms with Crippen molar-refractivity contribution in [3.63, 3.8) is 0 Å². The first-order valence-corrected chi connectivity index (χ1v) is 11.8. The van der Waals surface area contributed by atoms with Crippen LogP contribution >= 0.6 is 27.3 Å². The van der Waals surface area contributed by atoms with E-state index in [1.165, 1.54) is 16.9 Å². The van der Waals surface area contributed by atoms with Gasteiger partial charge in [0.05, 0.1) is 5.56 Å². The highest BCUT2D eigenvalue weighted by atomic mass is 79.9. The third kappa shape index (κ3) is 3.13. The minimum Gasteiger partial charge on any atom is -0.454 e. The summed E-state index contributed by atoms with van der Waals surface area (Å²) in [5, 5.41) is 7.69. The van der Waals surface area contributed by atoms with Crippen LogP contribution in [0, 0.1) is 11.3 Å². The average molecular weight is 477 g/mol. The van der Waals surface area contributed by atoms with E-state index in [-0.39, 0.29) is 18.9 Å². The van der Waals surface area contributed by atoms with Crippen molar-refractivity contribution in [2.24, 2.45) is 11.3 Å². The molecule has 2 N–H and O–H groups in total. The maximum atomic E-state index is 13.1. The van der Waals surface area contributed by atoms with E-state index in [1.54, 1.807) is 11.3 Å². The smallest absolute Gasteiger partial charge is 0.256 e. The van der Waals surface area contributed by atoms with Gasteiger partial charge < -0.3 is 20.1 Å². The molecule has 0 saturated heterocycles. The number of amides is 1. The quantitative estimate of drug-likeness (QED) is 0.601. The van der Waals surface area contributed by atoms with Gasteiger partial charge in [-0.05, 0) is 48.3 Å². The van der Waals surface area contributed by atoms with Crippen LogP contribution in [0.2, 0.25) is 0 Å². The molecule has 0 unspecified atom stereocenters. The predicted molar refractivity (Wildman–Crippen MR) is 118 cm³/mol. The number of hydrogen-bond donors (Lipinski definition) is 2. The van der Waals surface area contributed by atoms with Gasteiger partial charge in [-0.3, -0.25) is 4.79 Å². The Hall–Kier alpha value is -1.73. The number of rotatable bonds is 3. The Morgan fingerprint density at radius 1 is 1.24 bits per heavy atom. The highest BCUT2D eigenvalue weighted by Crippen LogP contribution is 2.48. The summed E-state index contributed by atoms with van der Waals surface area (Å²) in [5.74, 6) is 2.11. The molecule has 5 nitrogen and oxygen atoms in total. The lowest BCUT2D eigenvalue weighted by Gasteiger charge is -2.36. The number of nitrogens with one attached hydrogen (secondary N) is 2. The van der Waals surface area contributed by atoms with Crippen molar-refractivity contribution in [2.45, 2.75) is 52.6 Å². The largest absolute Gasteiger partial charge is 0.454 e. The van der Waals surface area contributed by atoms with Crippen LogP contribution in [0.1, 0.15) is 66.1 Å². The first-order valence-electron chi connectivity index (χ1n) is 10.2. The van der Waals surface area contributed by atoms with Crippen LogP contribution in [-0.2, 0) is 12.8 Å². The normalized spacial score (nSPS) is 22.6. The van der Waals surface area contributed by atoms with E-state index in [4.69, 9.17) is 9.47 Å². The topological polar surface area (TPSA) is 59.6 Å². The van der Waals surface area contributed by atoms with E-state index in [0.717, 1.165) is 45.6 Å². The van der Waals surface area contributed by atoms with Crippen molar-refractivity contribution < 1.29 is 14.3 Å². The Bertz CT molecular complexity index is 1000. The van der Waals surface area contributed by atoms with Crippen molar-refractivity contribution in [3.05, 3.63) is 38.2 Å². The standard InChI is InChI=1S/C22H25BrN2O3S/c1-4-22(2,3)11-5-6-12-17(7-11)29-21-18(12)20(26)24-19(25-21)13-8-15-16(9-14(13)23)28-10-27-15/h8-9,11,19,25H,4-7,10H2,1-3H3,(H,24,26)/t11-,19-/m0/s1. The zero-order valence-electron chi connectivity index (χ0n) is 16.9. The fourth-order valence-corrected chi connectivity index (χ4v) is 6.47. The summed E-state index contributed by atoms with van der Waals surface area (Å²) < 4.78 is 11.8. The molecule has 154 valence electrons. The molecule has 0 radical (unpaired) electrons. The molecule has 5 rings (SSSR count). The molecule has 3 aliphatic rings. The molecule has 1 aromatic heterocycles. The highest BCUT2D eigenvalue weighted by Gasteiger charge is 2.38. The summed E-state index contributed by atoms with van der Waals surface area (Å²) in [6, 6.07) is 3.83. The number of anilines is 1. The van der Waals surface area contributed by atoms with Gasteiger partial charge in [0.15, 0.2) is 11.5 Å². The molecule has 2 aromatic rings. The Morgan fingerprint density at radius 3 is 2.76 bits per heavy atom. The number of ether oxygens (including phenoxy) is 2. The zero-order valence-corrected chi connectivity index (χ0v) is 19.3. The van der Waals surface area contributed by atoms with Gasteiger partial charge in [0.2, 0.25) is 6.79 Å². The molecule has 0 bridgehead atoms. The van der Waals surface area contributed by atoms with Crippen molar-refractivity contribution in [2.75, 3.05) is 12.1 Å². The van der Waals surface area contributed by atoms with Crippen molar-refractivity contribution in [3.8, 4) is 11.5 Å². The molecule has 1 amide bonds. The third-order valence-corrected chi connectivity index (χ3v) is 8.73. The molecule has 2 atom stereocenters. The van der Waals surface area contributed by atoms with E-state index in [1.807, 2.05) is 12.1 Å². The average Bonchev–Trinajstić information content (AvgIpc) is 3.30. The highest BCUT2D eigenvalue weighted by molar-refractivity contribution is 9.10. The van der Waals surface area contributed by atoms with E-state index in [2.05, 4.69) is 47.3 Å². The number of fused-ring (bicyclic) bond motifs is 4. The van der Waals surface area contributed by atoms with E-state index >= 15 is 0 Å². The first-order chi connectivity index (χ1) is 13.9. The molecule has 1 aliphatic carbocycles. The molecule has 2 aliphatic heterocycles. The number of benzene rings is 1. The van der Waals surface area contributed by atoms with Crippen LogP contribution in [0.15, 0.2) is 16.6 Å². The summed E-state index contributed by atoms with van der Waals surface area (Å²) in [6.07, 6.45) is 4.09. The minimum atomic E-state index is -0.304. The van der Waals surface area contributed by atoms with Crippen molar-refractivity contribution in [1.82, 2.24) is 5.32 Å². The fraction of sp³-hybridized carbons (Fsp3) is 0.500. The van der Waals surface area contributed by atoms with Crippen LogP contribution < -0.4 is 20.1 Å². The van der Waals surface area contributed by atoms with Gasteiger partial charge in [0, 0.05) is 14.9 Å². The van der Waals surface area contributed by atoms with E-state index in [9.17, 15) is 4.79 Å². The fourth-order valence-electron chi connectivity index (χ4n) is 4.56. The zero-order chi connectivity index (χ0) is 20.3. The number of carbonyl (C=O) groups is 1. The summed E-state index contributed by atoms with van der Waals surface area (Å²) in [7, 11) is 0. The van der Waals surface area contributed by atoms with Crippen molar-refractivity contribution >= 4 is 38.2 Å². The predicted octanol–water partition coefficient (Wildman–Crippen LogP) is 5.63. The van der Waals surface area contributed by atoms with E-state index < -0.39 is 0 Å². The second-order valence-electron chi connectivity index (χ2n) is 8.77. The molecular formula is C22H25BrN2O3S. The van der Waals surface area contributed by atoms with Crippen LogP contribution in [0.3, 0.4) is 0 Å². The van der Waals surface area contributed by atoms with Crippen LogP contribution in [0.4, 0.5) is 5.00 Å². The summed E-state index contributed by atoms with van der Waals surface area (Å²) in [4.78, 5) is 14.4. The lowest BCUT2D eigenvalue weighted by atomic mass is 9.69. The molecule has 0 spiro atoms. The third-order valence-electron chi connectivity index (χ3n) is 6.86. The van der Waals surface area contributed by atoms with Crippen LogP contribution in [0.25, 0.3) is 0 Å². The number of hydrogen-bond acceptors (Lipinski definition) is 5. The van der Waals surface area contributed by atoms with E-state index in [0.29, 0.717) is 17.1 Å². The monoisotopic (exact) mass is 476 g/mol. The maximum absolute atomic E-state index is 13.1. The van der Waals surface area contributed by atoms with Gasteiger partial charge in [-0.25, -0.2) is 0 Å². The van der Waals surface area contributed by atoms with Gasteiger partial charge in [0.25, 0.3) is 5.91 Å². The molecule has 0 saturated carbocycles. The Kier molecular flexibility index (Phi) is 4.59. The first kappa shape index (κ1) is 19.2. The van der Waals surface area contributed by atoms with Gasteiger partial charge in [-0.1, -0.05) is 43.1 Å². The SMILES string of the molecule is CCC(C)(C)[C@H]1CCc2c(sc3c2C(=O)N[C@H](c2cc4c(cc2Br)OCO4)N3)C1. The number of halogens is 1. The Labute approximate surface area is 183 Å². The van der Waals surface area contributed by atoms with Crippen LogP contribution in [-0.4, -0.2) is 12.7 Å². The van der Waals surface area contributed by atoms with Gasteiger partial charge >= 0.3 is 0 Å². The van der Waals surface area contributed by atoms with Gasteiger partial charge in [-0.2, -0.15) is 0 Å². The molecule has 7 heteroatoms. The summed E-state index contributed by atoms with van der Waals surface area (Å²) >= 11 is 5.37. The molecule has 3 heterocycles. The Morgan fingerprint density at radius 2 is 2.00 bits per heavy atom. The minimum absolute atomic E-state index is 0.0130. The molecular weight excluding hydrogens is 452 g/mol. The number of carbonyl (C=O) groups excluding carboxylic acids is 1. The van der Waals surface area contributed by atoms with Crippen molar-refractivity contribution in [1.29, 1.82) is 0 Å². The summed E-state index contributed by atoms with van der Waals surface area (Å²) in [6.45, 7) is 7.24. The second-order valence-corrected chi connectivity index (χ2v) is 10.7. The molecule has 29 heavy (non-hydrogen) atoms. The molecule has 1 aromatic carbocycles. The second kappa shape index (κ2) is 6.91. The van der Waals surface area contributed by atoms with Gasteiger partial charge in [-0.15, -0.1) is 11.3 Å². The number of thiophene rings is 1. The summed E-state index contributed by atoms with van der Waals surface area (Å²) in [5.41, 5.74) is 3.37. The maximum Gasteiger partial charge on any atom is 0.256 e. The van der Waals surface area contributed by atoms with Crippen LogP contribution in [0.5, 0.6) is 11.5 Å². The lowest BCUT2D eigenvalue weighted by molar-refractivity contribution is 0.0934. The van der Waals surface area contributed by atoms with Gasteiger partial charge in [0.1, 0.15) is 11.2 Å².